The monoisotopic (exact) mass is 396 g/mol. The number of nitrogens with one attached hydrogen (secondary N) is 2. The number of hydrogen-bond donors (Lipinski definition) is 2. The topological polar surface area (TPSA) is 85.4 Å². The third kappa shape index (κ3) is 4.32. The predicted molar refractivity (Wildman–Crippen MR) is 105 cm³/mol. The van der Waals surface area contributed by atoms with Gasteiger partial charge in [-0.15, -0.1) is 0 Å². The van der Waals surface area contributed by atoms with Crippen molar-refractivity contribution >= 4 is 29.0 Å². The molecular formula is C20H17ClN4O3. The number of anilines is 2. The summed E-state index contributed by atoms with van der Waals surface area (Å²) in [5.74, 6) is 1.61. The van der Waals surface area contributed by atoms with Gasteiger partial charge in [0.2, 0.25) is 6.79 Å². The Hall–Kier alpha value is -3.32. The lowest BCUT2D eigenvalue weighted by Gasteiger charge is -2.08. The maximum absolute atomic E-state index is 12.4. The van der Waals surface area contributed by atoms with E-state index in [4.69, 9.17) is 21.1 Å². The van der Waals surface area contributed by atoms with E-state index in [0.717, 1.165) is 11.3 Å². The molecule has 1 aliphatic rings. The number of amides is 1. The number of halogens is 1. The number of nitrogens with zero attached hydrogens (tertiary/aromatic N) is 2. The number of carbonyl (C=O) groups excluding carboxylic acids is 1. The van der Waals surface area contributed by atoms with Crippen LogP contribution in [0.5, 0.6) is 11.5 Å². The molecular weight excluding hydrogens is 380 g/mol. The zero-order chi connectivity index (χ0) is 19.3. The van der Waals surface area contributed by atoms with Crippen LogP contribution >= 0.6 is 11.6 Å². The van der Waals surface area contributed by atoms with E-state index in [2.05, 4.69) is 20.6 Å². The van der Waals surface area contributed by atoms with E-state index in [1.165, 1.54) is 6.33 Å². The van der Waals surface area contributed by atoms with E-state index < -0.39 is 0 Å². The summed E-state index contributed by atoms with van der Waals surface area (Å²) in [6.07, 6.45) is 2.03. The van der Waals surface area contributed by atoms with Crippen LogP contribution in [0, 0.1) is 0 Å². The van der Waals surface area contributed by atoms with Gasteiger partial charge < -0.3 is 20.1 Å². The van der Waals surface area contributed by atoms with Crippen LogP contribution in [0.4, 0.5) is 11.5 Å². The standard InChI is InChI=1S/C20H17ClN4O3/c21-14-3-1-2-13(8-14)6-7-22-20(26)16-10-19(24-11-23-16)25-15-4-5-17-18(9-15)28-12-27-17/h1-5,8-11H,6-7,12H2,(H,22,26)(H,23,24,25). The zero-order valence-corrected chi connectivity index (χ0v) is 15.6. The summed E-state index contributed by atoms with van der Waals surface area (Å²) in [6, 6.07) is 14.6. The first kappa shape index (κ1) is 18.1. The number of rotatable bonds is 6. The Bertz CT molecular complexity index is 1010. The molecule has 0 spiro atoms. The SMILES string of the molecule is O=C(NCCc1cccc(Cl)c1)c1cc(Nc2ccc3c(c2)OCO3)ncn1. The fraction of sp³-hybridized carbons (Fsp3) is 0.150. The van der Waals surface area contributed by atoms with E-state index in [1.807, 2.05) is 42.5 Å². The third-order valence-corrected chi connectivity index (χ3v) is 4.37. The number of fused-ring (bicyclic) bond motifs is 1. The van der Waals surface area contributed by atoms with Gasteiger partial charge in [-0.3, -0.25) is 4.79 Å². The van der Waals surface area contributed by atoms with Gasteiger partial charge in [-0.25, -0.2) is 9.97 Å². The van der Waals surface area contributed by atoms with Crippen LogP contribution in [-0.2, 0) is 6.42 Å². The van der Waals surface area contributed by atoms with Crippen LogP contribution in [0.15, 0.2) is 54.9 Å². The fourth-order valence-corrected chi connectivity index (χ4v) is 2.99. The van der Waals surface area contributed by atoms with Crippen molar-refractivity contribution < 1.29 is 14.3 Å². The minimum absolute atomic E-state index is 0.214. The van der Waals surface area contributed by atoms with Crippen molar-refractivity contribution in [3.05, 3.63) is 71.1 Å². The number of carbonyl (C=O) groups is 1. The van der Waals surface area contributed by atoms with Gasteiger partial charge in [0.25, 0.3) is 5.91 Å². The lowest BCUT2D eigenvalue weighted by atomic mass is 10.1. The smallest absolute Gasteiger partial charge is 0.270 e. The van der Waals surface area contributed by atoms with Crippen LogP contribution in [0.2, 0.25) is 5.02 Å². The highest BCUT2D eigenvalue weighted by Crippen LogP contribution is 2.34. The number of ether oxygens (including phenoxy) is 2. The van der Waals surface area contributed by atoms with Crippen LogP contribution < -0.4 is 20.1 Å². The minimum Gasteiger partial charge on any atom is -0.454 e. The molecule has 1 amide bonds. The normalized spacial score (nSPS) is 11.9. The van der Waals surface area contributed by atoms with E-state index in [1.54, 1.807) is 6.07 Å². The first-order chi connectivity index (χ1) is 13.7. The van der Waals surface area contributed by atoms with Crippen molar-refractivity contribution in [1.29, 1.82) is 0 Å². The highest BCUT2D eigenvalue weighted by molar-refractivity contribution is 6.30. The Kier molecular flexibility index (Phi) is 5.25. The fourth-order valence-electron chi connectivity index (χ4n) is 2.78. The highest BCUT2D eigenvalue weighted by atomic mass is 35.5. The van der Waals surface area contributed by atoms with Crippen molar-refractivity contribution in [3.63, 3.8) is 0 Å². The predicted octanol–water partition coefficient (Wildman–Crippen LogP) is 3.57. The molecule has 0 radical (unpaired) electrons. The third-order valence-electron chi connectivity index (χ3n) is 4.13. The molecule has 2 aromatic carbocycles. The average Bonchev–Trinajstić information content (AvgIpc) is 3.16. The lowest BCUT2D eigenvalue weighted by Crippen LogP contribution is -2.26. The van der Waals surface area contributed by atoms with Crippen LogP contribution in [0.3, 0.4) is 0 Å². The molecule has 0 aliphatic carbocycles. The second-order valence-corrected chi connectivity index (χ2v) is 6.55. The zero-order valence-electron chi connectivity index (χ0n) is 14.8. The van der Waals surface area contributed by atoms with Gasteiger partial charge in [-0.05, 0) is 36.2 Å². The van der Waals surface area contributed by atoms with E-state index >= 15 is 0 Å². The second-order valence-electron chi connectivity index (χ2n) is 6.12. The molecule has 1 aromatic heterocycles. The van der Waals surface area contributed by atoms with Gasteiger partial charge in [-0.2, -0.15) is 0 Å². The maximum atomic E-state index is 12.4. The van der Waals surface area contributed by atoms with Crippen molar-refractivity contribution in [3.8, 4) is 11.5 Å². The first-order valence-corrected chi connectivity index (χ1v) is 9.06. The molecule has 0 fully saturated rings. The largest absolute Gasteiger partial charge is 0.454 e. The molecule has 28 heavy (non-hydrogen) atoms. The van der Waals surface area contributed by atoms with E-state index in [9.17, 15) is 4.79 Å². The number of hydrogen-bond acceptors (Lipinski definition) is 6. The van der Waals surface area contributed by atoms with Gasteiger partial charge in [-0.1, -0.05) is 23.7 Å². The molecule has 3 aromatic rings. The number of benzene rings is 2. The molecule has 0 bridgehead atoms. The summed E-state index contributed by atoms with van der Waals surface area (Å²) in [5.41, 5.74) is 2.11. The summed E-state index contributed by atoms with van der Waals surface area (Å²) in [5, 5.41) is 6.67. The molecule has 8 heteroatoms. The van der Waals surface area contributed by atoms with Crippen LogP contribution in [0.25, 0.3) is 0 Å². The molecule has 7 nitrogen and oxygen atoms in total. The maximum Gasteiger partial charge on any atom is 0.270 e. The summed E-state index contributed by atoms with van der Waals surface area (Å²) in [4.78, 5) is 20.6. The second kappa shape index (κ2) is 8.14. The molecule has 2 N–H and O–H groups in total. The average molecular weight is 397 g/mol. The minimum atomic E-state index is -0.266. The summed E-state index contributed by atoms with van der Waals surface area (Å²) < 4.78 is 10.7. The van der Waals surface area contributed by atoms with Crippen molar-refractivity contribution in [2.45, 2.75) is 6.42 Å². The Morgan fingerprint density at radius 3 is 2.86 bits per heavy atom. The summed E-state index contributed by atoms with van der Waals surface area (Å²) >= 11 is 5.97. The Morgan fingerprint density at radius 2 is 1.96 bits per heavy atom. The molecule has 2 heterocycles. The Balaban J connectivity index is 1.37. The lowest BCUT2D eigenvalue weighted by molar-refractivity contribution is 0.0949. The summed E-state index contributed by atoms with van der Waals surface area (Å²) in [6.45, 7) is 0.694. The molecule has 142 valence electrons. The number of aromatic nitrogens is 2. The highest BCUT2D eigenvalue weighted by Gasteiger charge is 2.14. The van der Waals surface area contributed by atoms with Gasteiger partial charge >= 0.3 is 0 Å². The molecule has 0 saturated carbocycles. The van der Waals surface area contributed by atoms with E-state index in [-0.39, 0.29) is 18.4 Å². The van der Waals surface area contributed by atoms with Crippen molar-refractivity contribution in [2.75, 3.05) is 18.7 Å². The Morgan fingerprint density at radius 1 is 1.07 bits per heavy atom. The van der Waals surface area contributed by atoms with Crippen molar-refractivity contribution in [1.82, 2.24) is 15.3 Å². The summed E-state index contributed by atoms with van der Waals surface area (Å²) in [7, 11) is 0. The van der Waals surface area contributed by atoms with Crippen LogP contribution in [0.1, 0.15) is 16.1 Å². The van der Waals surface area contributed by atoms with E-state index in [0.29, 0.717) is 35.3 Å². The van der Waals surface area contributed by atoms with Gasteiger partial charge in [0.15, 0.2) is 11.5 Å². The molecule has 1 aliphatic heterocycles. The quantitative estimate of drug-likeness (QED) is 0.662. The van der Waals surface area contributed by atoms with Gasteiger partial charge in [0.1, 0.15) is 17.8 Å². The molecule has 0 saturated heterocycles. The molecule has 0 atom stereocenters. The van der Waals surface area contributed by atoms with Crippen molar-refractivity contribution in [2.24, 2.45) is 0 Å². The van der Waals surface area contributed by atoms with Gasteiger partial charge in [0, 0.05) is 29.4 Å². The van der Waals surface area contributed by atoms with Crippen LogP contribution in [-0.4, -0.2) is 29.2 Å². The molecule has 0 unspecified atom stereocenters. The Labute approximate surface area is 166 Å². The van der Waals surface area contributed by atoms with Gasteiger partial charge in [0.05, 0.1) is 0 Å². The first-order valence-electron chi connectivity index (χ1n) is 8.69. The molecule has 4 rings (SSSR count).